The van der Waals surface area contributed by atoms with Gasteiger partial charge in [-0.15, -0.1) is 0 Å². The summed E-state index contributed by atoms with van der Waals surface area (Å²) < 4.78 is 32.1. The van der Waals surface area contributed by atoms with E-state index in [9.17, 15) is 8.42 Å². The molecule has 21 heavy (non-hydrogen) atoms. The average Bonchev–Trinajstić information content (AvgIpc) is 2.44. The maximum absolute atomic E-state index is 12.6. The van der Waals surface area contributed by atoms with E-state index in [-0.39, 0.29) is 23.5 Å². The van der Waals surface area contributed by atoms with Crippen molar-refractivity contribution in [2.75, 3.05) is 26.3 Å². The third kappa shape index (κ3) is 3.96. The molecular formula is C15H23NO4S. The molecule has 2 rings (SSSR count). The number of sulfonamides is 1. The molecule has 1 aromatic rings. The van der Waals surface area contributed by atoms with Gasteiger partial charge < -0.3 is 9.84 Å². The molecule has 0 spiro atoms. The zero-order valence-corrected chi connectivity index (χ0v) is 13.4. The monoisotopic (exact) mass is 313 g/mol. The number of aliphatic hydroxyl groups is 1. The third-order valence-electron chi connectivity index (χ3n) is 3.69. The van der Waals surface area contributed by atoms with Crippen molar-refractivity contribution in [3.8, 4) is 5.75 Å². The SMILES string of the molecule is CC1(C)CCCN(S(=O)(=O)c2ccc(OCCO)cc2)C1. The van der Waals surface area contributed by atoms with Crippen LogP contribution in [0.1, 0.15) is 26.7 Å². The number of rotatable bonds is 5. The summed E-state index contributed by atoms with van der Waals surface area (Å²) in [5.74, 6) is 0.557. The Kier molecular flexibility index (Phi) is 4.91. The minimum Gasteiger partial charge on any atom is -0.491 e. The minimum absolute atomic E-state index is 0.0233. The van der Waals surface area contributed by atoms with Crippen molar-refractivity contribution >= 4 is 10.0 Å². The van der Waals surface area contributed by atoms with Crippen molar-refractivity contribution < 1.29 is 18.3 Å². The van der Waals surface area contributed by atoms with E-state index in [2.05, 4.69) is 13.8 Å². The van der Waals surface area contributed by atoms with Crippen LogP contribution >= 0.6 is 0 Å². The summed E-state index contributed by atoms with van der Waals surface area (Å²) in [6.07, 6.45) is 1.94. The van der Waals surface area contributed by atoms with Crippen molar-refractivity contribution in [1.29, 1.82) is 0 Å². The summed E-state index contributed by atoms with van der Waals surface area (Å²) in [6.45, 7) is 5.46. The molecule has 1 aliphatic rings. The summed E-state index contributed by atoms with van der Waals surface area (Å²) in [6, 6.07) is 6.36. The zero-order chi connectivity index (χ0) is 15.5. The summed E-state index contributed by atoms with van der Waals surface area (Å²) in [5, 5.41) is 8.70. The molecule has 1 aromatic carbocycles. The Morgan fingerprint density at radius 3 is 2.52 bits per heavy atom. The molecule has 0 radical (unpaired) electrons. The Morgan fingerprint density at radius 1 is 1.29 bits per heavy atom. The first-order chi connectivity index (χ1) is 9.85. The number of hydrogen-bond acceptors (Lipinski definition) is 4. The molecule has 0 saturated carbocycles. The molecule has 0 atom stereocenters. The Morgan fingerprint density at radius 2 is 1.95 bits per heavy atom. The van der Waals surface area contributed by atoms with Crippen LogP contribution in [0.2, 0.25) is 0 Å². The standard InChI is InChI=1S/C15H23NO4S/c1-15(2)8-3-9-16(12-15)21(18,19)14-6-4-13(5-7-14)20-11-10-17/h4-7,17H,3,8-12H2,1-2H3. The minimum atomic E-state index is -3.44. The lowest BCUT2D eigenvalue weighted by atomic mass is 9.85. The summed E-state index contributed by atoms with van der Waals surface area (Å²) >= 11 is 0. The molecule has 1 aliphatic heterocycles. The van der Waals surface area contributed by atoms with Crippen LogP contribution in [-0.2, 0) is 10.0 Å². The molecule has 5 nitrogen and oxygen atoms in total. The molecule has 0 aromatic heterocycles. The van der Waals surface area contributed by atoms with Crippen molar-refractivity contribution in [2.45, 2.75) is 31.6 Å². The van der Waals surface area contributed by atoms with Crippen LogP contribution in [0.4, 0.5) is 0 Å². The van der Waals surface area contributed by atoms with Crippen molar-refractivity contribution in [3.63, 3.8) is 0 Å². The molecule has 0 aliphatic carbocycles. The largest absolute Gasteiger partial charge is 0.491 e. The van der Waals surface area contributed by atoms with Gasteiger partial charge in [0.25, 0.3) is 0 Å². The molecule has 0 unspecified atom stereocenters. The number of nitrogens with zero attached hydrogens (tertiary/aromatic N) is 1. The lowest BCUT2D eigenvalue weighted by Gasteiger charge is -2.37. The molecule has 6 heteroatoms. The van der Waals surface area contributed by atoms with Crippen LogP contribution in [0.5, 0.6) is 5.75 Å². The predicted molar refractivity (Wildman–Crippen MR) is 80.8 cm³/mol. The van der Waals surface area contributed by atoms with Gasteiger partial charge in [-0.05, 0) is 42.5 Å². The van der Waals surface area contributed by atoms with E-state index in [1.54, 1.807) is 28.6 Å². The molecule has 0 bridgehead atoms. The van der Waals surface area contributed by atoms with Gasteiger partial charge in [0, 0.05) is 13.1 Å². The second-order valence-corrected chi connectivity index (χ2v) is 8.09. The Bertz CT molecular complexity index is 566. The first-order valence-corrected chi connectivity index (χ1v) is 8.63. The maximum Gasteiger partial charge on any atom is 0.243 e. The number of aliphatic hydroxyl groups excluding tert-OH is 1. The number of benzene rings is 1. The second kappa shape index (κ2) is 6.34. The molecule has 1 fully saturated rings. The number of hydrogen-bond donors (Lipinski definition) is 1. The van der Waals surface area contributed by atoms with Gasteiger partial charge in [0.15, 0.2) is 0 Å². The summed E-state index contributed by atoms with van der Waals surface area (Å²) in [4.78, 5) is 0.288. The number of piperidine rings is 1. The Balaban J connectivity index is 2.15. The second-order valence-electron chi connectivity index (χ2n) is 6.15. The van der Waals surface area contributed by atoms with E-state index in [1.165, 1.54) is 0 Å². The maximum atomic E-state index is 12.6. The highest BCUT2D eigenvalue weighted by Crippen LogP contribution is 2.32. The predicted octanol–water partition coefficient (Wildman–Crippen LogP) is 1.87. The van der Waals surface area contributed by atoms with Crippen molar-refractivity contribution in [3.05, 3.63) is 24.3 Å². The van der Waals surface area contributed by atoms with Gasteiger partial charge in [0.05, 0.1) is 11.5 Å². The summed E-state index contributed by atoms with van der Waals surface area (Å²) in [7, 11) is -3.44. The van der Waals surface area contributed by atoms with Crippen LogP contribution < -0.4 is 4.74 Å². The Hall–Kier alpha value is -1.11. The van der Waals surface area contributed by atoms with Gasteiger partial charge in [-0.3, -0.25) is 0 Å². The van der Waals surface area contributed by atoms with Crippen LogP contribution in [0.3, 0.4) is 0 Å². The zero-order valence-electron chi connectivity index (χ0n) is 12.6. The first kappa shape index (κ1) is 16.3. The smallest absolute Gasteiger partial charge is 0.243 e. The third-order valence-corrected chi connectivity index (χ3v) is 5.55. The van der Waals surface area contributed by atoms with Crippen LogP contribution in [0.15, 0.2) is 29.2 Å². The molecule has 118 valence electrons. The van der Waals surface area contributed by atoms with Crippen LogP contribution in [-0.4, -0.2) is 44.1 Å². The van der Waals surface area contributed by atoms with Crippen molar-refractivity contribution in [1.82, 2.24) is 4.31 Å². The fraction of sp³-hybridized carbons (Fsp3) is 0.600. The Labute approximate surface area is 126 Å². The fourth-order valence-corrected chi connectivity index (χ4v) is 4.26. The normalized spacial score (nSPS) is 19.4. The van der Waals surface area contributed by atoms with Gasteiger partial charge in [0.1, 0.15) is 12.4 Å². The highest BCUT2D eigenvalue weighted by molar-refractivity contribution is 7.89. The average molecular weight is 313 g/mol. The van der Waals surface area contributed by atoms with Crippen molar-refractivity contribution in [2.24, 2.45) is 5.41 Å². The van der Waals surface area contributed by atoms with Gasteiger partial charge in [-0.25, -0.2) is 8.42 Å². The molecular weight excluding hydrogens is 290 g/mol. The lowest BCUT2D eigenvalue weighted by molar-refractivity contribution is 0.187. The van der Waals surface area contributed by atoms with Crippen LogP contribution in [0.25, 0.3) is 0 Å². The van der Waals surface area contributed by atoms with Gasteiger partial charge in [-0.2, -0.15) is 4.31 Å². The lowest BCUT2D eigenvalue weighted by Crippen LogP contribution is -2.43. The highest BCUT2D eigenvalue weighted by Gasteiger charge is 2.33. The highest BCUT2D eigenvalue weighted by atomic mass is 32.2. The van der Waals surface area contributed by atoms with E-state index in [0.29, 0.717) is 18.8 Å². The van der Waals surface area contributed by atoms with Gasteiger partial charge in [0.2, 0.25) is 10.0 Å². The van der Waals surface area contributed by atoms with E-state index in [1.807, 2.05) is 0 Å². The quantitative estimate of drug-likeness (QED) is 0.901. The molecule has 0 amide bonds. The van der Waals surface area contributed by atoms with E-state index in [0.717, 1.165) is 12.8 Å². The fourth-order valence-electron chi connectivity index (χ4n) is 2.60. The topological polar surface area (TPSA) is 66.8 Å². The number of ether oxygens (including phenoxy) is 1. The first-order valence-electron chi connectivity index (χ1n) is 7.19. The van der Waals surface area contributed by atoms with Gasteiger partial charge in [-0.1, -0.05) is 13.8 Å². The van der Waals surface area contributed by atoms with E-state index < -0.39 is 10.0 Å². The van der Waals surface area contributed by atoms with Gasteiger partial charge >= 0.3 is 0 Å². The van der Waals surface area contributed by atoms with E-state index in [4.69, 9.17) is 9.84 Å². The van der Waals surface area contributed by atoms with Crippen LogP contribution in [0, 0.1) is 5.41 Å². The molecule has 1 heterocycles. The summed E-state index contributed by atoms with van der Waals surface area (Å²) in [5.41, 5.74) is 0.0233. The molecule has 1 N–H and O–H groups in total. The van der Waals surface area contributed by atoms with E-state index >= 15 is 0 Å². The molecule has 1 saturated heterocycles.